The number of aromatic nitrogens is 5. The number of carbonyl (C=O) groups is 1. The van der Waals surface area contributed by atoms with Gasteiger partial charge in [0.2, 0.25) is 5.95 Å². The smallest absolute Gasteiger partial charge is 0.278 e. The molecule has 0 bridgehead atoms. The number of fused-ring (bicyclic) bond motifs is 3. The van der Waals surface area contributed by atoms with Crippen LogP contribution in [-0.4, -0.2) is 31.1 Å². The third-order valence-corrected chi connectivity index (χ3v) is 7.02. The summed E-state index contributed by atoms with van der Waals surface area (Å²) in [4.78, 5) is 26.4. The van der Waals surface area contributed by atoms with E-state index >= 15 is 0 Å². The molecule has 5 aromatic rings. The van der Waals surface area contributed by atoms with Crippen molar-refractivity contribution in [2.45, 2.75) is 25.7 Å². The van der Waals surface area contributed by atoms with Gasteiger partial charge in [-0.05, 0) is 53.8 Å². The fourth-order valence-corrected chi connectivity index (χ4v) is 5.32. The van der Waals surface area contributed by atoms with E-state index < -0.39 is 0 Å². The minimum atomic E-state index is -0.348. The first-order valence-corrected chi connectivity index (χ1v) is 12.6. The van der Waals surface area contributed by atoms with Crippen LogP contribution in [0.15, 0.2) is 66.2 Å². The summed E-state index contributed by atoms with van der Waals surface area (Å²) < 4.78 is 5.86. The molecule has 0 saturated heterocycles. The Morgan fingerprint density at radius 3 is 2.62 bits per heavy atom. The second-order valence-corrected chi connectivity index (χ2v) is 10.3. The van der Waals surface area contributed by atoms with Crippen molar-refractivity contribution in [3.05, 3.63) is 83.0 Å². The summed E-state index contributed by atoms with van der Waals surface area (Å²) in [5, 5.41) is 12.7. The number of nitrogens with zero attached hydrogens (tertiary/aromatic N) is 4. The Hall–Kier alpha value is -4.57. The van der Waals surface area contributed by atoms with Crippen LogP contribution < -0.4 is 15.8 Å². The molecule has 0 aliphatic heterocycles. The van der Waals surface area contributed by atoms with Gasteiger partial charge in [-0.2, -0.15) is 5.10 Å². The second kappa shape index (κ2) is 8.82. The van der Waals surface area contributed by atoms with E-state index in [1.54, 1.807) is 6.20 Å². The van der Waals surface area contributed by atoms with E-state index in [4.69, 9.17) is 10.5 Å². The fourth-order valence-electron chi connectivity index (χ4n) is 4.61. The fraction of sp³-hybridized carbons (Fsp3) is 0.148. The largest absolute Gasteiger partial charge is 0.457 e. The number of carbonyl (C=O) groups excluding carboxylic acids is 1. The van der Waals surface area contributed by atoms with Crippen LogP contribution >= 0.6 is 11.3 Å². The maximum Gasteiger partial charge on any atom is 0.278 e. The lowest BCUT2D eigenvalue weighted by Crippen LogP contribution is -2.29. The molecule has 37 heavy (non-hydrogen) atoms. The van der Waals surface area contributed by atoms with E-state index in [2.05, 4.69) is 44.3 Å². The third-order valence-electron chi connectivity index (χ3n) is 6.26. The summed E-state index contributed by atoms with van der Waals surface area (Å²) >= 11 is 1.36. The number of thiazole rings is 1. The quantitative estimate of drug-likeness (QED) is 0.287. The van der Waals surface area contributed by atoms with Gasteiger partial charge >= 0.3 is 0 Å². The lowest BCUT2D eigenvalue weighted by molar-refractivity contribution is 0.102. The molecule has 0 fully saturated rings. The van der Waals surface area contributed by atoms with Gasteiger partial charge in [0, 0.05) is 22.7 Å². The van der Waals surface area contributed by atoms with Crippen LogP contribution in [0.3, 0.4) is 0 Å². The summed E-state index contributed by atoms with van der Waals surface area (Å²) in [6.07, 6.45) is 2.40. The molecule has 1 amide bonds. The van der Waals surface area contributed by atoms with E-state index in [-0.39, 0.29) is 17.3 Å². The monoisotopic (exact) mass is 509 g/mol. The standard InChI is InChI=1S/C27H23N7O2S/c1-27(2)12-16-13-29-25(28)31-21(16)22-20(27)23(34-33-22)24(35)32-26-30-19(14-37-26)15-8-10-18(11-9-15)36-17-6-4-3-5-7-17/h3-11,13-14H,12H2,1-2H3,(H,33,34)(H2,28,29,31)(H,30,32,35). The predicted molar refractivity (Wildman–Crippen MR) is 143 cm³/mol. The number of nitrogens with one attached hydrogen (secondary N) is 2. The highest BCUT2D eigenvalue weighted by molar-refractivity contribution is 7.14. The van der Waals surface area contributed by atoms with Gasteiger partial charge in [-0.25, -0.2) is 15.0 Å². The van der Waals surface area contributed by atoms with E-state index in [1.165, 1.54) is 11.3 Å². The number of nitrogens with two attached hydrogens (primary N) is 1. The first-order chi connectivity index (χ1) is 17.9. The van der Waals surface area contributed by atoms with Crippen molar-refractivity contribution >= 4 is 28.3 Å². The van der Waals surface area contributed by atoms with E-state index in [0.29, 0.717) is 28.6 Å². The highest BCUT2D eigenvalue weighted by atomic mass is 32.1. The Morgan fingerprint density at radius 2 is 1.84 bits per heavy atom. The summed E-state index contributed by atoms with van der Waals surface area (Å²) in [5.41, 5.74) is 10.6. The molecule has 184 valence electrons. The van der Waals surface area contributed by atoms with Gasteiger partial charge in [0.15, 0.2) is 10.8 Å². The third kappa shape index (κ3) is 4.31. The Labute approximate surface area is 216 Å². The molecule has 0 atom stereocenters. The van der Waals surface area contributed by atoms with Crippen molar-refractivity contribution < 1.29 is 9.53 Å². The van der Waals surface area contributed by atoms with Gasteiger partial charge in [0.05, 0.1) is 17.1 Å². The molecule has 10 heteroatoms. The molecule has 4 N–H and O–H groups in total. The molecule has 1 aliphatic rings. The number of para-hydroxylation sites is 1. The highest BCUT2D eigenvalue weighted by Crippen LogP contribution is 2.43. The molecule has 3 heterocycles. The molecule has 9 nitrogen and oxygen atoms in total. The second-order valence-electron chi connectivity index (χ2n) is 9.42. The number of H-pyrrole nitrogens is 1. The SMILES string of the molecule is CC1(C)Cc2cnc(N)nc2-c2[nH]nc(C(=O)Nc3nc(-c4ccc(Oc5ccccc5)cc4)cs3)c21. The van der Waals surface area contributed by atoms with Gasteiger partial charge in [0.1, 0.15) is 11.5 Å². The summed E-state index contributed by atoms with van der Waals surface area (Å²) in [7, 11) is 0. The number of hydrogen-bond donors (Lipinski definition) is 3. The average Bonchev–Trinajstić information content (AvgIpc) is 3.54. The van der Waals surface area contributed by atoms with Gasteiger partial charge in [-0.3, -0.25) is 15.2 Å². The Balaban J connectivity index is 1.21. The van der Waals surface area contributed by atoms with Crippen molar-refractivity contribution in [1.29, 1.82) is 0 Å². The average molecular weight is 510 g/mol. The molecule has 0 unspecified atom stereocenters. The predicted octanol–water partition coefficient (Wildman–Crippen LogP) is 5.45. The first-order valence-electron chi connectivity index (χ1n) is 11.7. The molecule has 6 rings (SSSR count). The maximum absolute atomic E-state index is 13.3. The molecule has 0 saturated carbocycles. The Kier molecular flexibility index (Phi) is 5.45. The van der Waals surface area contributed by atoms with Crippen molar-refractivity contribution in [3.63, 3.8) is 0 Å². The van der Waals surface area contributed by atoms with E-state index in [9.17, 15) is 4.79 Å². The molecular weight excluding hydrogens is 486 g/mol. The van der Waals surface area contributed by atoms with Crippen LogP contribution in [-0.2, 0) is 11.8 Å². The first kappa shape index (κ1) is 22.9. The zero-order chi connectivity index (χ0) is 25.6. The lowest BCUT2D eigenvalue weighted by atomic mass is 9.73. The molecule has 3 aromatic heterocycles. The number of rotatable bonds is 5. The summed E-state index contributed by atoms with van der Waals surface area (Å²) in [6, 6.07) is 17.3. The normalized spacial score (nSPS) is 13.5. The summed E-state index contributed by atoms with van der Waals surface area (Å²) in [5.74, 6) is 1.36. The number of anilines is 2. The maximum atomic E-state index is 13.3. The van der Waals surface area contributed by atoms with Gasteiger partial charge in [-0.15, -0.1) is 11.3 Å². The molecule has 0 radical (unpaired) electrons. The minimum Gasteiger partial charge on any atom is -0.457 e. The van der Waals surface area contributed by atoms with Crippen molar-refractivity contribution in [2.24, 2.45) is 0 Å². The number of amides is 1. The van der Waals surface area contributed by atoms with Crippen LogP contribution in [0.4, 0.5) is 11.1 Å². The van der Waals surface area contributed by atoms with Crippen molar-refractivity contribution in [2.75, 3.05) is 11.1 Å². The highest BCUT2D eigenvalue weighted by Gasteiger charge is 2.38. The van der Waals surface area contributed by atoms with Crippen LogP contribution in [0.1, 0.15) is 35.5 Å². The zero-order valence-corrected chi connectivity index (χ0v) is 21.0. The minimum absolute atomic E-state index is 0.181. The van der Waals surface area contributed by atoms with E-state index in [1.807, 2.05) is 60.0 Å². The number of ether oxygens (including phenoxy) is 1. The van der Waals surface area contributed by atoms with E-state index in [0.717, 1.165) is 33.9 Å². The van der Waals surface area contributed by atoms with Crippen molar-refractivity contribution in [1.82, 2.24) is 25.1 Å². The lowest BCUT2D eigenvalue weighted by Gasteiger charge is -2.31. The molecular formula is C27H23N7O2S. The Bertz CT molecular complexity index is 1610. The van der Waals surface area contributed by atoms with Crippen LogP contribution in [0, 0.1) is 0 Å². The van der Waals surface area contributed by atoms with Crippen molar-refractivity contribution in [3.8, 4) is 34.1 Å². The zero-order valence-electron chi connectivity index (χ0n) is 20.1. The number of hydrogen-bond acceptors (Lipinski definition) is 8. The topological polar surface area (TPSA) is 132 Å². The van der Waals surface area contributed by atoms with Gasteiger partial charge in [-0.1, -0.05) is 32.0 Å². The van der Waals surface area contributed by atoms with Gasteiger partial charge < -0.3 is 10.5 Å². The van der Waals surface area contributed by atoms with Crippen LogP contribution in [0.2, 0.25) is 0 Å². The van der Waals surface area contributed by atoms with Crippen LogP contribution in [0.5, 0.6) is 11.5 Å². The van der Waals surface area contributed by atoms with Gasteiger partial charge in [0.25, 0.3) is 5.91 Å². The Morgan fingerprint density at radius 1 is 1.08 bits per heavy atom. The molecule has 1 aliphatic carbocycles. The number of aromatic amines is 1. The molecule has 2 aromatic carbocycles. The van der Waals surface area contributed by atoms with Crippen LogP contribution in [0.25, 0.3) is 22.6 Å². The summed E-state index contributed by atoms with van der Waals surface area (Å²) in [6.45, 7) is 4.15. The molecule has 0 spiro atoms. The number of benzene rings is 2. The number of nitrogen functional groups attached to an aromatic ring is 1.